The number of hydrogen-bond acceptors (Lipinski definition) is 0. The number of halogens is 2. The molecule has 206 valence electrons. The van der Waals surface area contributed by atoms with Crippen molar-refractivity contribution >= 4 is 47.7 Å². The van der Waals surface area contributed by atoms with E-state index >= 15 is 0 Å². The van der Waals surface area contributed by atoms with E-state index in [-0.39, 0.29) is 58.4 Å². The van der Waals surface area contributed by atoms with Crippen molar-refractivity contribution in [2.45, 2.75) is 0 Å². The van der Waals surface area contributed by atoms with E-state index in [0.717, 1.165) is 0 Å². The predicted molar refractivity (Wildman–Crippen MR) is 161 cm³/mol. The van der Waals surface area contributed by atoms with Gasteiger partial charge in [0.2, 0.25) is 0 Å². The van der Waals surface area contributed by atoms with Gasteiger partial charge < -0.3 is 24.8 Å². The van der Waals surface area contributed by atoms with Crippen LogP contribution in [0.5, 0.6) is 0 Å². The average molecular weight is 684 g/mol. The van der Waals surface area contributed by atoms with Gasteiger partial charge in [0.25, 0.3) is 0 Å². The second kappa shape index (κ2) is 19.2. The van der Waals surface area contributed by atoms with Crippen LogP contribution < -0.4 is 56.6 Å². The molecule has 0 spiro atoms. The Balaban J connectivity index is 0.000000364. The summed E-state index contributed by atoms with van der Waals surface area (Å²) in [7, 11) is -0.818. The Hall–Kier alpha value is -1.97. The Morgan fingerprint density at radius 2 is 0.600 bits per heavy atom. The van der Waals surface area contributed by atoms with Crippen LogP contribution in [0.4, 0.5) is 0 Å². The zero-order chi connectivity index (χ0) is 24.4. The van der Waals surface area contributed by atoms with Crippen LogP contribution in [0.1, 0.15) is 0 Å². The van der Waals surface area contributed by atoms with Crippen LogP contribution in [-0.4, -0.2) is 0 Å². The van der Waals surface area contributed by atoms with Crippen molar-refractivity contribution < 1.29 is 58.4 Å². The molecule has 6 heteroatoms. The molecule has 0 heterocycles. The zero-order valence-electron chi connectivity index (χ0n) is 21.5. The summed E-state index contributed by atoms with van der Waals surface area (Å²) in [6.07, 6.45) is 0. The maximum absolute atomic E-state index is 2.23. The molecule has 0 bridgehead atoms. The molecule has 0 unspecified atom stereocenters. The summed E-state index contributed by atoms with van der Waals surface area (Å²) in [4.78, 5) is 0. The fourth-order valence-corrected chi connectivity index (χ4v) is 8.84. The first-order chi connectivity index (χ1) is 17.9. The average Bonchev–Trinajstić information content (AvgIpc) is 3.68. The minimum Gasteiger partial charge on any atom is -1.00 e. The van der Waals surface area contributed by atoms with Gasteiger partial charge in [-0.3, -0.25) is 0 Å². The van der Waals surface area contributed by atoms with E-state index in [1.807, 2.05) is 0 Å². The molecular weight excluding hydrogens is 656 g/mol. The second-order valence-electron chi connectivity index (χ2n) is 8.30. The van der Waals surface area contributed by atoms with E-state index in [4.69, 9.17) is 0 Å². The second-order valence-corrected chi connectivity index (χ2v) is 12.7. The summed E-state index contributed by atoms with van der Waals surface area (Å²) in [5.41, 5.74) is 0. The molecule has 40 heavy (non-hydrogen) atoms. The molecule has 0 atom stereocenters. The van der Waals surface area contributed by atoms with Crippen LogP contribution in [-0.2, 0) is 33.6 Å². The first-order valence-electron chi connectivity index (χ1n) is 12.1. The Labute approximate surface area is 274 Å². The normalized spacial score (nSPS) is 9.65. The van der Waals surface area contributed by atoms with E-state index in [2.05, 4.69) is 170 Å². The van der Waals surface area contributed by atoms with E-state index in [1.54, 1.807) is 0 Å². The molecule has 0 aromatic heterocycles. The minimum atomic E-state index is -0.409. The van der Waals surface area contributed by atoms with Crippen LogP contribution in [0.15, 0.2) is 170 Å². The fraction of sp³-hybridized carbons (Fsp3) is 0. The molecule has 6 rings (SSSR count). The summed E-state index contributed by atoms with van der Waals surface area (Å²) in [6, 6.07) is 60.5. The quantitative estimate of drug-likeness (QED) is 0.135. The third-order valence-corrected chi connectivity index (χ3v) is 10.8. The molecule has 0 fully saturated rings. The molecule has 0 aliphatic carbocycles. The van der Waals surface area contributed by atoms with Crippen LogP contribution in [0.3, 0.4) is 0 Å². The molecule has 0 amide bonds. The van der Waals surface area contributed by atoms with Gasteiger partial charge in [0.05, 0.1) is 0 Å². The Bertz CT molecular complexity index is 1220. The van der Waals surface area contributed by atoms with Crippen LogP contribution in [0, 0.1) is 0 Å². The Kier molecular flexibility index (Phi) is 17.3. The minimum absolute atomic E-state index is 0. The first-order valence-corrected chi connectivity index (χ1v) is 14.8. The molecule has 0 N–H and O–H groups in total. The standard InChI is InChI=1S/2C17H14P.2ClH.Fe.Ni/c2*1-3-9-15(10-4-1)18(17-13-7-8-14-17)16-11-5-2-6-12-16;;;;/h2*1-14H;2*1H;;/q2*-1;;;2*+2/p-2. The molecule has 0 nitrogen and oxygen atoms in total. The van der Waals surface area contributed by atoms with Gasteiger partial charge in [-0.25, -0.2) is 24.3 Å². The zero-order valence-corrected chi connectivity index (χ0v) is 26.9. The fourth-order valence-electron chi connectivity index (χ4n) is 4.23. The van der Waals surface area contributed by atoms with Crippen molar-refractivity contribution in [3.63, 3.8) is 0 Å². The summed E-state index contributed by atoms with van der Waals surface area (Å²) < 4.78 is 0. The van der Waals surface area contributed by atoms with Gasteiger partial charge in [-0.2, -0.15) is 24.3 Å². The maximum Gasteiger partial charge on any atom is 2.00 e. The van der Waals surface area contributed by atoms with Crippen molar-refractivity contribution in [3.05, 3.63) is 170 Å². The summed E-state index contributed by atoms with van der Waals surface area (Å²) in [6.45, 7) is 0. The molecule has 6 aromatic rings. The topological polar surface area (TPSA) is 0 Å². The van der Waals surface area contributed by atoms with Crippen molar-refractivity contribution in [2.75, 3.05) is 0 Å². The van der Waals surface area contributed by atoms with Crippen molar-refractivity contribution in [1.29, 1.82) is 0 Å². The van der Waals surface area contributed by atoms with E-state index in [9.17, 15) is 0 Å². The van der Waals surface area contributed by atoms with Crippen molar-refractivity contribution in [2.24, 2.45) is 0 Å². The van der Waals surface area contributed by atoms with Gasteiger partial charge in [-0.15, -0.1) is 10.6 Å². The van der Waals surface area contributed by atoms with Gasteiger partial charge in [0.15, 0.2) is 0 Å². The predicted octanol–water partition coefficient (Wildman–Crippen LogP) is 0.330. The van der Waals surface area contributed by atoms with E-state index in [0.29, 0.717) is 0 Å². The van der Waals surface area contributed by atoms with Gasteiger partial charge in [0.1, 0.15) is 0 Å². The van der Waals surface area contributed by atoms with Gasteiger partial charge in [-0.05, 0) is 37.1 Å². The summed E-state index contributed by atoms with van der Waals surface area (Å²) >= 11 is 0. The number of benzene rings is 4. The van der Waals surface area contributed by atoms with Gasteiger partial charge in [-0.1, -0.05) is 121 Å². The summed E-state index contributed by atoms with van der Waals surface area (Å²) in [5, 5.41) is 8.47. The Morgan fingerprint density at radius 3 is 0.800 bits per heavy atom. The van der Waals surface area contributed by atoms with E-state index < -0.39 is 15.8 Å². The van der Waals surface area contributed by atoms with Crippen LogP contribution in [0.2, 0.25) is 0 Å². The molecule has 6 aromatic carbocycles. The van der Waals surface area contributed by atoms with E-state index in [1.165, 1.54) is 31.8 Å². The van der Waals surface area contributed by atoms with Crippen LogP contribution in [0.25, 0.3) is 0 Å². The van der Waals surface area contributed by atoms with Gasteiger partial charge in [0, 0.05) is 0 Å². The monoisotopic (exact) mass is 682 g/mol. The van der Waals surface area contributed by atoms with Gasteiger partial charge >= 0.3 is 33.6 Å². The molecule has 0 saturated carbocycles. The SMILES string of the molecule is [Cl-].[Cl-].[Fe+2].[Ni+2].c1ccc(P(c2ccccc2)c2ccc[cH-]2)cc1.c1ccc(P(c2ccccc2)c2ccc[cH-]2)cc1. The maximum atomic E-state index is 2.23. The smallest absolute Gasteiger partial charge is 1.00 e. The largest absolute Gasteiger partial charge is 2.00 e. The molecule has 0 saturated heterocycles. The third kappa shape index (κ3) is 9.55. The number of hydrogen-bond donors (Lipinski definition) is 0. The number of rotatable bonds is 6. The molecular formula is C34H28Cl2FeNiP2. The first kappa shape index (κ1) is 36.1. The third-order valence-electron chi connectivity index (χ3n) is 5.86. The molecule has 0 radical (unpaired) electrons. The molecule has 0 aliphatic rings. The van der Waals surface area contributed by atoms with Crippen molar-refractivity contribution in [1.82, 2.24) is 0 Å². The van der Waals surface area contributed by atoms with Crippen molar-refractivity contribution in [3.8, 4) is 0 Å². The Morgan fingerprint density at radius 1 is 0.350 bits per heavy atom. The summed E-state index contributed by atoms with van der Waals surface area (Å²) in [5.74, 6) is 0. The molecule has 0 aliphatic heterocycles. The van der Waals surface area contributed by atoms with Crippen LogP contribution >= 0.6 is 15.8 Å².